The molecule has 0 heterocycles. The molecule has 2 heteroatoms. The maximum absolute atomic E-state index is 11.4. The van der Waals surface area contributed by atoms with Crippen molar-refractivity contribution in [1.29, 1.82) is 0 Å². The van der Waals surface area contributed by atoms with Gasteiger partial charge in [0, 0.05) is 0 Å². The summed E-state index contributed by atoms with van der Waals surface area (Å²) in [6.07, 6.45) is 15.7. The summed E-state index contributed by atoms with van der Waals surface area (Å²) in [6, 6.07) is 0. The van der Waals surface area contributed by atoms with Crippen LogP contribution in [-0.4, -0.2) is 21.9 Å². The zero-order valence-corrected chi connectivity index (χ0v) is 15.9. The first-order chi connectivity index (χ1) is 11.4. The molecule has 0 radical (unpaired) electrons. The predicted molar refractivity (Wildman–Crippen MR) is 97.7 cm³/mol. The van der Waals surface area contributed by atoms with Gasteiger partial charge in [0.1, 0.15) is 0 Å². The summed E-state index contributed by atoms with van der Waals surface area (Å²) in [5.74, 6) is 1.65. The van der Waals surface area contributed by atoms with Gasteiger partial charge >= 0.3 is 0 Å². The van der Waals surface area contributed by atoms with Gasteiger partial charge in [-0.3, -0.25) is 0 Å². The van der Waals surface area contributed by atoms with Gasteiger partial charge in [0.2, 0.25) is 0 Å². The normalized spacial score (nSPS) is 53.5. The van der Waals surface area contributed by atoms with E-state index in [0.717, 1.165) is 31.6 Å². The van der Waals surface area contributed by atoms with Crippen molar-refractivity contribution in [2.24, 2.45) is 28.6 Å². The molecule has 2 bridgehead atoms. The van der Waals surface area contributed by atoms with E-state index in [4.69, 9.17) is 0 Å². The molecule has 4 rings (SSSR count). The molecule has 2 N–H and O–H groups in total. The molecule has 0 aromatic rings. The Labute approximate surface area is 148 Å². The van der Waals surface area contributed by atoms with E-state index in [-0.39, 0.29) is 11.5 Å². The summed E-state index contributed by atoms with van der Waals surface area (Å²) < 4.78 is 0. The van der Waals surface area contributed by atoms with Crippen molar-refractivity contribution in [3.63, 3.8) is 0 Å². The molecular formula is C22H38O2. The van der Waals surface area contributed by atoms with Crippen LogP contribution in [0.5, 0.6) is 0 Å². The van der Waals surface area contributed by atoms with Crippen molar-refractivity contribution >= 4 is 0 Å². The molecule has 0 amide bonds. The van der Waals surface area contributed by atoms with E-state index >= 15 is 0 Å². The molecule has 7 atom stereocenters. The van der Waals surface area contributed by atoms with Crippen molar-refractivity contribution in [3.05, 3.63) is 0 Å². The highest BCUT2D eigenvalue weighted by Crippen LogP contribution is 2.70. The molecule has 2 nitrogen and oxygen atoms in total. The van der Waals surface area contributed by atoms with E-state index in [2.05, 4.69) is 13.8 Å². The summed E-state index contributed by atoms with van der Waals surface area (Å²) in [5.41, 5.74) is 0.0787. The van der Waals surface area contributed by atoms with Gasteiger partial charge in [0.25, 0.3) is 0 Å². The van der Waals surface area contributed by atoms with Gasteiger partial charge in [0.15, 0.2) is 0 Å². The van der Waals surface area contributed by atoms with Gasteiger partial charge in [0.05, 0.1) is 11.7 Å². The topological polar surface area (TPSA) is 40.5 Å². The van der Waals surface area contributed by atoms with Crippen molar-refractivity contribution in [3.8, 4) is 0 Å². The molecule has 24 heavy (non-hydrogen) atoms. The van der Waals surface area contributed by atoms with E-state index in [0.29, 0.717) is 17.3 Å². The van der Waals surface area contributed by atoms with Gasteiger partial charge < -0.3 is 10.2 Å². The van der Waals surface area contributed by atoms with Gasteiger partial charge in [-0.05, 0) is 80.0 Å². The van der Waals surface area contributed by atoms with E-state index < -0.39 is 5.60 Å². The van der Waals surface area contributed by atoms with Crippen molar-refractivity contribution in [1.82, 2.24) is 0 Å². The number of rotatable bonds is 4. The van der Waals surface area contributed by atoms with Gasteiger partial charge in [-0.2, -0.15) is 0 Å². The Morgan fingerprint density at radius 1 is 1.04 bits per heavy atom. The minimum absolute atomic E-state index is 0.171. The first-order valence-electron chi connectivity index (χ1n) is 10.8. The molecule has 0 saturated heterocycles. The van der Waals surface area contributed by atoms with Crippen LogP contribution < -0.4 is 0 Å². The highest BCUT2D eigenvalue weighted by atomic mass is 16.3. The fourth-order valence-electron chi connectivity index (χ4n) is 7.72. The Bertz CT molecular complexity index is 477. The molecule has 4 saturated carbocycles. The van der Waals surface area contributed by atoms with E-state index in [1.165, 1.54) is 57.8 Å². The molecule has 4 aliphatic rings. The van der Waals surface area contributed by atoms with Crippen LogP contribution in [-0.2, 0) is 0 Å². The van der Waals surface area contributed by atoms with E-state index in [1.807, 2.05) is 0 Å². The average molecular weight is 335 g/mol. The fourth-order valence-corrected chi connectivity index (χ4v) is 7.72. The Hall–Kier alpha value is -0.0800. The lowest BCUT2D eigenvalue weighted by molar-refractivity contribution is -0.191. The molecule has 0 aliphatic heterocycles. The number of fused-ring (bicyclic) bond motifs is 5. The second-order valence-corrected chi connectivity index (χ2v) is 10.5. The standard InChI is InChI=1S/C22H38O2/c1-3-4-5-7-16-8-11-21(12-16)13-17-19(21)18(23)14-20(2)9-6-10-22(17,24)15-20/h16-19,23-24H,3-15H2,1-2H3/t16-,17-,18+,19+,20+,21+,22-/m1/s1. The second-order valence-electron chi connectivity index (χ2n) is 10.5. The minimum Gasteiger partial charge on any atom is -0.393 e. The Balaban J connectivity index is 1.50. The van der Waals surface area contributed by atoms with Crippen LogP contribution >= 0.6 is 0 Å². The number of unbranched alkanes of at least 4 members (excludes halogenated alkanes) is 2. The molecule has 4 fully saturated rings. The molecule has 0 unspecified atom stereocenters. The monoisotopic (exact) mass is 334 g/mol. The highest BCUT2D eigenvalue weighted by molar-refractivity contribution is 5.16. The Morgan fingerprint density at radius 2 is 1.88 bits per heavy atom. The maximum atomic E-state index is 11.4. The third kappa shape index (κ3) is 2.67. The Morgan fingerprint density at radius 3 is 2.67 bits per heavy atom. The highest BCUT2D eigenvalue weighted by Gasteiger charge is 2.66. The van der Waals surface area contributed by atoms with E-state index in [9.17, 15) is 10.2 Å². The maximum Gasteiger partial charge on any atom is 0.0685 e. The number of hydrogen-bond acceptors (Lipinski definition) is 2. The van der Waals surface area contributed by atoms with Crippen LogP contribution in [0, 0.1) is 28.6 Å². The SMILES string of the molecule is CCCCC[C@@H]1CC[C@]2(C1)C[C@@H]1[C@H]2[C@@H](O)C[C@]2(C)CCC[C@@]1(O)C2. The fraction of sp³-hybridized carbons (Fsp3) is 1.00. The summed E-state index contributed by atoms with van der Waals surface area (Å²) in [4.78, 5) is 0. The van der Waals surface area contributed by atoms with Crippen LogP contribution in [0.1, 0.15) is 97.3 Å². The van der Waals surface area contributed by atoms with Crippen LogP contribution in [0.25, 0.3) is 0 Å². The molecule has 4 aliphatic carbocycles. The average Bonchev–Trinajstić information content (AvgIpc) is 2.88. The first-order valence-corrected chi connectivity index (χ1v) is 10.8. The van der Waals surface area contributed by atoms with E-state index in [1.54, 1.807) is 0 Å². The molecule has 1 spiro atoms. The second kappa shape index (κ2) is 5.98. The first kappa shape index (κ1) is 17.3. The summed E-state index contributed by atoms with van der Waals surface area (Å²) in [6.45, 7) is 4.60. The quantitative estimate of drug-likeness (QED) is 0.705. The summed E-state index contributed by atoms with van der Waals surface area (Å²) in [5, 5.41) is 22.5. The van der Waals surface area contributed by atoms with Gasteiger partial charge in [-0.25, -0.2) is 0 Å². The molecular weight excluding hydrogens is 296 g/mol. The largest absolute Gasteiger partial charge is 0.393 e. The lowest BCUT2D eigenvalue weighted by Gasteiger charge is -2.60. The van der Waals surface area contributed by atoms with Crippen molar-refractivity contribution in [2.45, 2.75) is 109 Å². The third-order valence-electron chi connectivity index (χ3n) is 8.66. The van der Waals surface area contributed by atoms with Crippen molar-refractivity contribution < 1.29 is 10.2 Å². The number of hydrogen-bond donors (Lipinski definition) is 2. The zero-order chi connectivity index (χ0) is 17.0. The third-order valence-corrected chi connectivity index (χ3v) is 8.66. The zero-order valence-electron chi connectivity index (χ0n) is 15.9. The van der Waals surface area contributed by atoms with Gasteiger partial charge in [-0.15, -0.1) is 0 Å². The predicted octanol–water partition coefficient (Wildman–Crippen LogP) is 5.07. The number of aliphatic hydroxyl groups excluding tert-OH is 1. The lowest BCUT2D eigenvalue weighted by atomic mass is 9.46. The minimum atomic E-state index is -0.472. The summed E-state index contributed by atoms with van der Waals surface area (Å²) in [7, 11) is 0. The summed E-state index contributed by atoms with van der Waals surface area (Å²) >= 11 is 0. The van der Waals surface area contributed by atoms with Crippen LogP contribution in [0.2, 0.25) is 0 Å². The lowest BCUT2D eigenvalue weighted by Crippen LogP contribution is -2.60. The molecule has 138 valence electrons. The smallest absolute Gasteiger partial charge is 0.0685 e. The van der Waals surface area contributed by atoms with Gasteiger partial charge in [-0.1, -0.05) is 46.0 Å². The molecule has 0 aromatic heterocycles. The number of aliphatic hydroxyl groups is 2. The van der Waals surface area contributed by atoms with Crippen LogP contribution in [0.4, 0.5) is 0 Å². The molecule has 0 aromatic carbocycles. The Kier molecular flexibility index (Phi) is 4.32. The van der Waals surface area contributed by atoms with Crippen molar-refractivity contribution in [2.75, 3.05) is 0 Å². The van der Waals surface area contributed by atoms with Crippen LogP contribution in [0.3, 0.4) is 0 Å². The van der Waals surface area contributed by atoms with Crippen LogP contribution in [0.15, 0.2) is 0 Å².